The monoisotopic (exact) mass is 222 g/mol. The van der Waals surface area contributed by atoms with E-state index in [0.717, 1.165) is 23.6 Å². The van der Waals surface area contributed by atoms with Crippen LogP contribution in [0.2, 0.25) is 0 Å². The molecule has 2 aromatic rings. The van der Waals surface area contributed by atoms with E-state index >= 15 is 0 Å². The molecule has 3 N–H and O–H groups in total. The van der Waals surface area contributed by atoms with E-state index in [1.54, 1.807) is 16.0 Å². The van der Waals surface area contributed by atoms with Gasteiger partial charge in [0.05, 0.1) is 17.9 Å². The first-order valence-electron chi connectivity index (χ1n) is 4.73. The van der Waals surface area contributed by atoms with Crippen LogP contribution < -0.4 is 11.1 Å². The van der Waals surface area contributed by atoms with Crippen molar-refractivity contribution in [1.82, 2.24) is 9.78 Å². The fourth-order valence-electron chi connectivity index (χ4n) is 1.44. The quantitative estimate of drug-likeness (QED) is 0.835. The first-order chi connectivity index (χ1) is 7.16. The number of nitrogens with one attached hydrogen (secondary N) is 1. The Hall–Kier alpha value is -1.49. The Morgan fingerprint density at radius 2 is 2.40 bits per heavy atom. The van der Waals surface area contributed by atoms with Crippen molar-refractivity contribution in [3.05, 3.63) is 28.2 Å². The third kappa shape index (κ3) is 2.12. The van der Waals surface area contributed by atoms with Crippen LogP contribution in [0, 0.1) is 6.92 Å². The normalized spacial score (nSPS) is 10.5. The van der Waals surface area contributed by atoms with Crippen molar-refractivity contribution in [3.63, 3.8) is 0 Å². The molecule has 0 amide bonds. The summed E-state index contributed by atoms with van der Waals surface area (Å²) < 4.78 is 1.80. The zero-order valence-corrected chi connectivity index (χ0v) is 9.64. The second kappa shape index (κ2) is 3.94. The van der Waals surface area contributed by atoms with Gasteiger partial charge in [0.25, 0.3) is 0 Å². The maximum Gasteiger partial charge on any atom is 0.0825 e. The summed E-state index contributed by atoms with van der Waals surface area (Å²) in [6.07, 6.45) is 1.97. The lowest BCUT2D eigenvalue weighted by molar-refractivity contribution is 0.756. The topological polar surface area (TPSA) is 55.9 Å². The molecule has 0 radical (unpaired) electrons. The number of hydrogen-bond acceptors (Lipinski definition) is 4. The second-order valence-corrected chi connectivity index (χ2v) is 4.46. The van der Waals surface area contributed by atoms with Gasteiger partial charge in [-0.2, -0.15) is 5.10 Å². The summed E-state index contributed by atoms with van der Waals surface area (Å²) in [7, 11) is 1.91. The molecule has 0 spiro atoms. The molecule has 80 valence electrons. The van der Waals surface area contributed by atoms with Gasteiger partial charge in [0.1, 0.15) is 0 Å². The molecule has 2 aromatic heterocycles. The number of nitrogens with zero attached hydrogens (tertiary/aromatic N) is 2. The zero-order valence-electron chi connectivity index (χ0n) is 8.82. The Morgan fingerprint density at radius 1 is 1.60 bits per heavy atom. The van der Waals surface area contributed by atoms with Gasteiger partial charge < -0.3 is 11.1 Å². The SMILES string of the molecule is Cc1nn(C)cc1NCc1sccc1N. The van der Waals surface area contributed by atoms with Gasteiger partial charge in [-0.05, 0) is 18.4 Å². The molecule has 0 saturated heterocycles. The van der Waals surface area contributed by atoms with Crippen LogP contribution in [0.1, 0.15) is 10.6 Å². The first kappa shape index (κ1) is 10.0. The van der Waals surface area contributed by atoms with E-state index in [1.807, 2.05) is 31.6 Å². The maximum atomic E-state index is 5.80. The van der Waals surface area contributed by atoms with Crippen LogP contribution in [0.3, 0.4) is 0 Å². The predicted molar refractivity (Wildman–Crippen MR) is 64.0 cm³/mol. The Morgan fingerprint density at radius 3 is 2.93 bits per heavy atom. The van der Waals surface area contributed by atoms with E-state index in [4.69, 9.17) is 5.73 Å². The third-order valence-electron chi connectivity index (χ3n) is 2.23. The van der Waals surface area contributed by atoms with E-state index in [-0.39, 0.29) is 0 Å². The Bertz CT molecular complexity index is 458. The van der Waals surface area contributed by atoms with Gasteiger partial charge in [-0.3, -0.25) is 4.68 Å². The van der Waals surface area contributed by atoms with Crippen molar-refractivity contribution in [3.8, 4) is 0 Å². The molecule has 0 fully saturated rings. The van der Waals surface area contributed by atoms with E-state index in [9.17, 15) is 0 Å². The maximum absolute atomic E-state index is 5.80. The molecule has 4 nitrogen and oxygen atoms in total. The molecular weight excluding hydrogens is 208 g/mol. The van der Waals surface area contributed by atoms with Crippen molar-refractivity contribution in [2.45, 2.75) is 13.5 Å². The van der Waals surface area contributed by atoms with Gasteiger partial charge in [0, 0.05) is 23.8 Å². The van der Waals surface area contributed by atoms with Gasteiger partial charge in [-0.1, -0.05) is 0 Å². The van der Waals surface area contributed by atoms with Crippen LogP contribution >= 0.6 is 11.3 Å². The molecule has 0 unspecified atom stereocenters. The molecule has 5 heteroatoms. The number of anilines is 2. The highest BCUT2D eigenvalue weighted by Crippen LogP contribution is 2.21. The molecule has 0 bridgehead atoms. The molecule has 0 aliphatic carbocycles. The van der Waals surface area contributed by atoms with Crippen LogP contribution in [-0.4, -0.2) is 9.78 Å². The van der Waals surface area contributed by atoms with Crippen LogP contribution in [0.25, 0.3) is 0 Å². The third-order valence-corrected chi connectivity index (χ3v) is 3.17. The van der Waals surface area contributed by atoms with Crippen molar-refractivity contribution < 1.29 is 0 Å². The number of aromatic nitrogens is 2. The Balaban J connectivity index is 2.05. The number of thiophene rings is 1. The molecule has 15 heavy (non-hydrogen) atoms. The van der Waals surface area contributed by atoms with E-state index in [1.165, 1.54) is 4.88 Å². The number of nitrogens with two attached hydrogens (primary N) is 1. The second-order valence-electron chi connectivity index (χ2n) is 3.45. The van der Waals surface area contributed by atoms with Gasteiger partial charge >= 0.3 is 0 Å². The summed E-state index contributed by atoms with van der Waals surface area (Å²) in [5, 5.41) is 9.59. The van der Waals surface area contributed by atoms with Crippen molar-refractivity contribution in [1.29, 1.82) is 0 Å². The summed E-state index contributed by atoms with van der Waals surface area (Å²) in [5.74, 6) is 0. The summed E-state index contributed by atoms with van der Waals surface area (Å²) in [4.78, 5) is 1.17. The minimum atomic E-state index is 0.760. The van der Waals surface area contributed by atoms with Crippen molar-refractivity contribution >= 4 is 22.7 Å². The minimum absolute atomic E-state index is 0.760. The van der Waals surface area contributed by atoms with Crippen LogP contribution in [0.4, 0.5) is 11.4 Å². The summed E-state index contributed by atoms with van der Waals surface area (Å²) in [6.45, 7) is 2.75. The van der Waals surface area contributed by atoms with Gasteiger partial charge in [0.2, 0.25) is 0 Å². The average Bonchev–Trinajstić information content (AvgIpc) is 2.70. The fraction of sp³-hybridized carbons (Fsp3) is 0.300. The van der Waals surface area contributed by atoms with Gasteiger partial charge in [0.15, 0.2) is 0 Å². The molecule has 0 saturated carbocycles. The number of aryl methyl sites for hydroxylation is 2. The predicted octanol–water partition coefficient (Wildman–Crippen LogP) is 1.98. The van der Waals surface area contributed by atoms with Crippen molar-refractivity contribution in [2.75, 3.05) is 11.1 Å². The molecule has 0 aromatic carbocycles. The summed E-state index contributed by atoms with van der Waals surface area (Å²) in [5.41, 5.74) is 8.72. The highest BCUT2D eigenvalue weighted by Gasteiger charge is 2.04. The minimum Gasteiger partial charge on any atom is -0.398 e. The standard InChI is InChI=1S/C10H14N4S/c1-7-9(6-14(2)13-7)12-5-10-8(11)3-4-15-10/h3-4,6,12H,5,11H2,1-2H3. The molecule has 2 rings (SSSR count). The highest BCUT2D eigenvalue weighted by molar-refractivity contribution is 7.10. The average molecular weight is 222 g/mol. The Kier molecular flexibility index (Phi) is 2.64. The molecule has 0 aliphatic heterocycles. The summed E-state index contributed by atoms with van der Waals surface area (Å²) in [6, 6.07) is 1.93. The van der Waals surface area contributed by atoms with Gasteiger partial charge in [-0.25, -0.2) is 0 Å². The van der Waals surface area contributed by atoms with E-state index < -0.39 is 0 Å². The lowest BCUT2D eigenvalue weighted by Crippen LogP contribution is -2.00. The zero-order chi connectivity index (χ0) is 10.8. The molecular formula is C10H14N4S. The highest BCUT2D eigenvalue weighted by atomic mass is 32.1. The first-order valence-corrected chi connectivity index (χ1v) is 5.60. The largest absolute Gasteiger partial charge is 0.398 e. The fourth-order valence-corrected chi connectivity index (χ4v) is 2.18. The van der Waals surface area contributed by atoms with Crippen molar-refractivity contribution in [2.24, 2.45) is 7.05 Å². The number of nitrogen functional groups attached to an aromatic ring is 1. The molecule has 0 aliphatic rings. The van der Waals surface area contributed by atoms with Crippen LogP contribution in [0.5, 0.6) is 0 Å². The number of hydrogen-bond donors (Lipinski definition) is 2. The lowest BCUT2D eigenvalue weighted by Gasteiger charge is -2.03. The Labute approximate surface area is 92.7 Å². The van der Waals surface area contributed by atoms with Gasteiger partial charge in [-0.15, -0.1) is 11.3 Å². The lowest BCUT2D eigenvalue weighted by atomic mass is 10.3. The van der Waals surface area contributed by atoms with E-state index in [2.05, 4.69) is 10.4 Å². The number of rotatable bonds is 3. The van der Waals surface area contributed by atoms with E-state index in [0.29, 0.717) is 0 Å². The molecule has 2 heterocycles. The van der Waals surface area contributed by atoms with Crippen LogP contribution in [0.15, 0.2) is 17.6 Å². The molecule has 0 atom stereocenters. The van der Waals surface area contributed by atoms with Crippen LogP contribution in [-0.2, 0) is 13.6 Å². The smallest absolute Gasteiger partial charge is 0.0825 e. The summed E-state index contributed by atoms with van der Waals surface area (Å²) >= 11 is 1.67.